The number of sulfonamides is 1. The summed E-state index contributed by atoms with van der Waals surface area (Å²) in [7, 11) is -2.08. The fourth-order valence-electron chi connectivity index (χ4n) is 2.96. The average Bonchev–Trinajstić information content (AvgIpc) is 2.80. The van der Waals surface area contributed by atoms with Gasteiger partial charge in [0.05, 0.1) is 16.1 Å². The predicted molar refractivity (Wildman–Crippen MR) is 133 cm³/mol. The molecule has 0 heterocycles. The molecular formula is C25H24ClN3O3S. The molecule has 0 spiro atoms. The molecule has 0 unspecified atom stereocenters. The van der Waals surface area contributed by atoms with E-state index in [4.69, 9.17) is 11.6 Å². The molecule has 0 aliphatic rings. The highest BCUT2D eigenvalue weighted by molar-refractivity contribution is 7.89. The molecule has 0 aromatic heterocycles. The minimum atomic E-state index is -3.61. The molecule has 33 heavy (non-hydrogen) atoms. The van der Waals surface area contributed by atoms with Crippen LogP contribution in [0.1, 0.15) is 27.0 Å². The largest absolute Gasteiger partial charge is 0.271 e. The number of carbonyl (C=O) groups is 1. The van der Waals surface area contributed by atoms with E-state index in [-0.39, 0.29) is 11.4 Å². The number of aryl methyl sites for hydroxylation is 1. The van der Waals surface area contributed by atoms with Crippen molar-refractivity contribution < 1.29 is 13.2 Å². The van der Waals surface area contributed by atoms with Crippen LogP contribution >= 0.6 is 11.6 Å². The second-order valence-corrected chi connectivity index (χ2v) is 9.89. The van der Waals surface area contributed by atoms with Gasteiger partial charge in [-0.3, -0.25) is 4.79 Å². The smallest absolute Gasteiger partial charge is 0.267 e. The maximum absolute atomic E-state index is 12.7. The lowest BCUT2D eigenvalue weighted by atomic mass is 10.1. The summed E-state index contributed by atoms with van der Waals surface area (Å²) < 4.78 is 26.8. The van der Waals surface area contributed by atoms with E-state index in [1.165, 1.54) is 17.6 Å². The van der Waals surface area contributed by atoms with Gasteiger partial charge in [0.1, 0.15) is 0 Å². The minimum Gasteiger partial charge on any atom is -0.267 e. The number of carbonyl (C=O) groups excluding carboxylic acids is 1. The number of halogens is 1. The van der Waals surface area contributed by atoms with Crippen molar-refractivity contribution in [1.82, 2.24) is 9.73 Å². The van der Waals surface area contributed by atoms with Crippen molar-refractivity contribution in [3.05, 3.63) is 106 Å². The molecule has 3 aromatic carbocycles. The van der Waals surface area contributed by atoms with Crippen molar-refractivity contribution in [3.8, 4) is 0 Å². The number of rotatable bonds is 8. The van der Waals surface area contributed by atoms with Crippen molar-refractivity contribution in [2.24, 2.45) is 5.10 Å². The molecule has 0 saturated heterocycles. The first-order chi connectivity index (χ1) is 15.8. The van der Waals surface area contributed by atoms with Crippen LogP contribution < -0.4 is 5.43 Å². The zero-order valence-corrected chi connectivity index (χ0v) is 19.8. The van der Waals surface area contributed by atoms with Crippen LogP contribution in [0.15, 0.2) is 93.9 Å². The Hall–Kier alpha value is -3.26. The predicted octanol–water partition coefficient (Wildman–Crippen LogP) is 4.81. The van der Waals surface area contributed by atoms with Crippen molar-refractivity contribution in [1.29, 1.82) is 0 Å². The van der Waals surface area contributed by atoms with E-state index in [1.54, 1.807) is 54.6 Å². The molecule has 6 nitrogen and oxygen atoms in total. The number of allylic oxidation sites excluding steroid dienone is 1. The molecule has 0 radical (unpaired) electrons. The molecule has 8 heteroatoms. The van der Waals surface area contributed by atoms with E-state index in [0.29, 0.717) is 10.6 Å². The molecule has 0 atom stereocenters. The van der Waals surface area contributed by atoms with Crippen molar-refractivity contribution in [2.75, 3.05) is 7.05 Å². The highest BCUT2D eigenvalue weighted by Gasteiger charge is 2.20. The normalized spacial score (nSPS) is 12.3. The maximum Gasteiger partial charge on any atom is 0.271 e. The Kier molecular flexibility index (Phi) is 8.16. The standard InChI is InChI=1S/C25H24ClN3O3S/c1-19-8-14-24(15-9-19)33(31,32)29(2)18-21-10-12-22(13-11-21)25(30)28-27-17-23(26)16-20-6-4-3-5-7-20/h3-17H,18H2,1-2H3,(H,28,30). The summed E-state index contributed by atoms with van der Waals surface area (Å²) in [6, 6.07) is 22.9. The zero-order valence-electron chi connectivity index (χ0n) is 18.3. The number of amides is 1. The van der Waals surface area contributed by atoms with E-state index >= 15 is 0 Å². The topological polar surface area (TPSA) is 78.8 Å². The number of nitrogens with zero attached hydrogens (tertiary/aromatic N) is 2. The highest BCUT2D eigenvalue weighted by atomic mass is 35.5. The lowest BCUT2D eigenvalue weighted by Gasteiger charge is -2.17. The van der Waals surface area contributed by atoms with Gasteiger partial charge in [0.2, 0.25) is 10.0 Å². The van der Waals surface area contributed by atoms with Crippen LogP contribution in [0.2, 0.25) is 0 Å². The van der Waals surface area contributed by atoms with Gasteiger partial charge in [-0.2, -0.15) is 9.41 Å². The second-order valence-electron chi connectivity index (χ2n) is 7.41. The van der Waals surface area contributed by atoms with Gasteiger partial charge in [-0.1, -0.05) is 71.8 Å². The van der Waals surface area contributed by atoms with Crippen LogP contribution in [-0.4, -0.2) is 31.9 Å². The van der Waals surface area contributed by atoms with Crippen molar-refractivity contribution in [3.63, 3.8) is 0 Å². The summed E-state index contributed by atoms with van der Waals surface area (Å²) in [4.78, 5) is 12.5. The van der Waals surface area contributed by atoms with Crippen LogP contribution in [0.3, 0.4) is 0 Å². The Balaban J connectivity index is 1.58. The molecule has 0 fully saturated rings. The van der Waals surface area contributed by atoms with Crippen LogP contribution in [0.4, 0.5) is 0 Å². The summed E-state index contributed by atoms with van der Waals surface area (Å²) in [5.74, 6) is -0.400. The molecule has 1 amide bonds. The maximum atomic E-state index is 12.7. The van der Waals surface area contributed by atoms with Gasteiger partial charge >= 0.3 is 0 Å². The summed E-state index contributed by atoms with van der Waals surface area (Å²) in [5.41, 5.74) is 5.48. The molecular weight excluding hydrogens is 458 g/mol. The molecule has 0 aliphatic carbocycles. The Bertz CT molecular complexity index is 1250. The lowest BCUT2D eigenvalue weighted by molar-refractivity contribution is 0.0955. The number of benzene rings is 3. The highest BCUT2D eigenvalue weighted by Crippen LogP contribution is 2.18. The van der Waals surface area contributed by atoms with E-state index in [9.17, 15) is 13.2 Å². The Morgan fingerprint density at radius 2 is 1.64 bits per heavy atom. The number of nitrogens with one attached hydrogen (secondary N) is 1. The molecule has 3 rings (SSSR count). The van der Waals surface area contributed by atoms with Crippen molar-refractivity contribution >= 4 is 39.8 Å². The summed E-state index contributed by atoms with van der Waals surface area (Å²) >= 11 is 6.11. The lowest BCUT2D eigenvalue weighted by Crippen LogP contribution is -2.26. The Labute approximate surface area is 199 Å². The fourth-order valence-corrected chi connectivity index (χ4v) is 4.29. The van der Waals surface area contributed by atoms with Gasteiger partial charge in [0.25, 0.3) is 5.91 Å². The van der Waals surface area contributed by atoms with E-state index in [2.05, 4.69) is 10.5 Å². The SMILES string of the molecule is Cc1ccc(S(=O)(=O)N(C)Cc2ccc(C(=O)NN=CC(Cl)=Cc3ccccc3)cc2)cc1. The molecule has 1 N–H and O–H groups in total. The molecule has 0 saturated carbocycles. The van der Waals surface area contributed by atoms with Crippen LogP contribution in [0.5, 0.6) is 0 Å². The zero-order chi connectivity index (χ0) is 23.8. The Morgan fingerprint density at radius 1 is 1.00 bits per heavy atom. The third-order valence-corrected chi connectivity index (χ3v) is 6.83. The number of hydrazone groups is 1. The fraction of sp³-hybridized carbons (Fsp3) is 0.120. The van der Waals surface area contributed by atoms with Crippen LogP contribution in [-0.2, 0) is 16.6 Å². The van der Waals surface area contributed by atoms with Crippen LogP contribution in [0, 0.1) is 6.92 Å². The van der Waals surface area contributed by atoms with Gasteiger partial charge < -0.3 is 0 Å². The summed E-state index contributed by atoms with van der Waals surface area (Å²) in [5, 5.41) is 4.24. The first-order valence-corrected chi connectivity index (χ1v) is 11.9. The van der Waals surface area contributed by atoms with E-state index < -0.39 is 15.9 Å². The summed E-state index contributed by atoms with van der Waals surface area (Å²) in [6.45, 7) is 2.08. The molecule has 0 bridgehead atoms. The van der Waals surface area contributed by atoms with E-state index in [1.807, 2.05) is 37.3 Å². The minimum absolute atomic E-state index is 0.177. The van der Waals surface area contributed by atoms with Crippen LogP contribution in [0.25, 0.3) is 6.08 Å². The third kappa shape index (κ3) is 6.86. The van der Waals surface area contributed by atoms with Crippen molar-refractivity contribution in [2.45, 2.75) is 18.4 Å². The van der Waals surface area contributed by atoms with Gasteiger partial charge in [-0.25, -0.2) is 13.8 Å². The summed E-state index contributed by atoms with van der Waals surface area (Å²) in [6.07, 6.45) is 3.08. The number of hydrogen-bond acceptors (Lipinski definition) is 4. The first kappa shape index (κ1) is 24.4. The Morgan fingerprint density at radius 3 is 2.27 bits per heavy atom. The number of hydrogen-bond donors (Lipinski definition) is 1. The molecule has 0 aliphatic heterocycles. The average molecular weight is 482 g/mol. The molecule has 170 valence electrons. The van der Waals surface area contributed by atoms with Gasteiger partial charge in [0.15, 0.2) is 0 Å². The van der Waals surface area contributed by atoms with Gasteiger partial charge in [-0.05, 0) is 48.4 Å². The van der Waals surface area contributed by atoms with E-state index in [0.717, 1.165) is 16.7 Å². The van der Waals surface area contributed by atoms with Gasteiger partial charge in [-0.15, -0.1) is 0 Å². The quantitative estimate of drug-likeness (QED) is 0.370. The second kappa shape index (κ2) is 11.0. The monoisotopic (exact) mass is 481 g/mol. The third-order valence-electron chi connectivity index (χ3n) is 4.81. The first-order valence-electron chi connectivity index (χ1n) is 10.1. The molecule has 3 aromatic rings. The van der Waals surface area contributed by atoms with Gasteiger partial charge in [0, 0.05) is 19.2 Å².